The summed E-state index contributed by atoms with van der Waals surface area (Å²) in [6, 6.07) is 8.19. The summed E-state index contributed by atoms with van der Waals surface area (Å²) in [5.41, 5.74) is 2.22. The third kappa shape index (κ3) is 2.88. The lowest BCUT2D eigenvalue weighted by Gasteiger charge is -2.34. The van der Waals surface area contributed by atoms with Gasteiger partial charge < -0.3 is 9.88 Å². The van der Waals surface area contributed by atoms with Crippen molar-refractivity contribution in [2.45, 2.75) is 19.3 Å². The Morgan fingerprint density at radius 1 is 1.14 bits per heavy atom. The fourth-order valence-electron chi connectivity index (χ4n) is 3.40. The van der Waals surface area contributed by atoms with E-state index < -0.39 is 0 Å². The second kappa shape index (κ2) is 5.76. The largest absolute Gasteiger partial charge is 0.361 e. The highest BCUT2D eigenvalue weighted by atomic mass is 16.2. The molecule has 2 heterocycles. The van der Waals surface area contributed by atoms with Crippen LogP contribution in [0.2, 0.25) is 0 Å². The molecule has 1 saturated heterocycles. The first-order chi connectivity index (χ1) is 10.8. The average molecular weight is 297 g/mol. The zero-order valence-corrected chi connectivity index (χ0v) is 12.9. The van der Waals surface area contributed by atoms with Gasteiger partial charge in [-0.2, -0.15) is 0 Å². The van der Waals surface area contributed by atoms with Crippen molar-refractivity contribution in [3.05, 3.63) is 36.0 Å². The van der Waals surface area contributed by atoms with Crippen molar-refractivity contribution < 1.29 is 4.79 Å². The third-order valence-corrected chi connectivity index (χ3v) is 4.95. The quantitative estimate of drug-likeness (QED) is 0.940. The number of aromatic nitrogens is 1. The number of H-pyrrole nitrogens is 1. The van der Waals surface area contributed by atoms with Crippen LogP contribution in [0.4, 0.5) is 0 Å². The van der Waals surface area contributed by atoms with Gasteiger partial charge in [-0.3, -0.25) is 9.69 Å². The Hall–Kier alpha value is -1.81. The van der Waals surface area contributed by atoms with E-state index in [-0.39, 0.29) is 5.91 Å². The predicted octanol–water partition coefficient (Wildman–Crippen LogP) is 2.26. The van der Waals surface area contributed by atoms with Crippen LogP contribution in [-0.4, -0.2) is 53.4 Å². The lowest BCUT2D eigenvalue weighted by molar-refractivity contribution is -0.132. The molecule has 0 bridgehead atoms. The van der Waals surface area contributed by atoms with Gasteiger partial charge in [-0.1, -0.05) is 18.2 Å². The number of amides is 1. The molecule has 116 valence electrons. The highest BCUT2D eigenvalue weighted by molar-refractivity contribution is 5.88. The van der Waals surface area contributed by atoms with Crippen LogP contribution >= 0.6 is 0 Å². The molecule has 1 aliphatic heterocycles. The summed E-state index contributed by atoms with van der Waals surface area (Å²) in [5, 5.41) is 1.17. The van der Waals surface area contributed by atoms with Gasteiger partial charge in [0.15, 0.2) is 0 Å². The Labute approximate surface area is 131 Å². The first kappa shape index (κ1) is 13.8. The monoisotopic (exact) mass is 297 g/mol. The van der Waals surface area contributed by atoms with Crippen molar-refractivity contribution in [1.82, 2.24) is 14.8 Å². The van der Waals surface area contributed by atoms with Gasteiger partial charge in [0.2, 0.25) is 5.91 Å². The smallest absolute Gasteiger partial charge is 0.227 e. The summed E-state index contributed by atoms with van der Waals surface area (Å²) in [6.07, 6.45) is 5.29. The third-order valence-electron chi connectivity index (χ3n) is 4.95. The number of para-hydroxylation sites is 1. The van der Waals surface area contributed by atoms with Crippen molar-refractivity contribution in [2.24, 2.45) is 5.92 Å². The molecule has 4 heteroatoms. The van der Waals surface area contributed by atoms with Crippen molar-refractivity contribution in [2.75, 3.05) is 32.7 Å². The molecule has 0 spiro atoms. The standard InChI is InChI=1S/C18H23N3O/c22-18(11-15-12-19-17-4-2-1-3-16(15)17)21-9-7-20(8-10-21)13-14-5-6-14/h1-4,12,14,19H,5-11,13H2. The normalized spacial score (nSPS) is 19.7. The van der Waals surface area contributed by atoms with Crippen LogP contribution in [0.5, 0.6) is 0 Å². The molecule has 2 aromatic rings. The maximum atomic E-state index is 12.5. The van der Waals surface area contributed by atoms with E-state index in [1.165, 1.54) is 24.8 Å². The summed E-state index contributed by atoms with van der Waals surface area (Å²) in [4.78, 5) is 20.4. The van der Waals surface area contributed by atoms with E-state index in [9.17, 15) is 4.79 Å². The maximum Gasteiger partial charge on any atom is 0.227 e. The lowest BCUT2D eigenvalue weighted by atomic mass is 10.1. The Balaban J connectivity index is 1.36. The molecule has 0 atom stereocenters. The molecule has 1 amide bonds. The number of rotatable bonds is 4. The molecule has 2 aliphatic rings. The minimum absolute atomic E-state index is 0.260. The Morgan fingerprint density at radius 3 is 2.68 bits per heavy atom. The van der Waals surface area contributed by atoms with Crippen molar-refractivity contribution in [3.8, 4) is 0 Å². The average Bonchev–Trinajstić information content (AvgIpc) is 3.28. The number of aromatic amines is 1. The number of fused-ring (bicyclic) bond motifs is 1. The molecule has 4 nitrogen and oxygen atoms in total. The van der Waals surface area contributed by atoms with Crippen molar-refractivity contribution in [1.29, 1.82) is 0 Å². The van der Waals surface area contributed by atoms with Crippen LogP contribution in [-0.2, 0) is 11.2 Å². The molecule has 2 fully saturated rings. The Morgan fingerprint density at radius 2 is 1.91 bits per heavy atom. The first-order valence-electron chi connectivity index (χ1n) is 8.35. The summed E-state index contributed by atoms with van der Waals surface area (Å²) < 4.78 is 0. The molecule has 22 heavy (non-hydrogen) atoms. The van der Waals surface area contributed by atoms with Gasteiger partial charge in [0.05, 0.1) is 6.42 Å². The zero-order chi connectivity index (χ0) is 14.9. The van der Waals surface area contributed by atoms with Crippen LogP contribution in [0.1, 0.15) is 18.4 Å². The maximum absolute atomic E-state index is 12.5. The van der Waals surface area contributed by atoms with E-state index in [1.807, 2.05) is 23.2 Å². The second-order valence-electron chi connectivity index (χ2n) is 6.66. The molecule has 1 N–H and O–H groups in total. The van der Waals surface area contributed by atoms with Gasteiger partial charge in [0.25, 0.3) is 0 Å². The fraction of sp³-hybridized carbons (Fsp3) is 0.500. The van der Waals surface area contributed by atoms with Gasteiger partial charge in [0.1, 0.15) is 0 Å². The number of piperazine rings is 1. The molecule has 4 rings (SSSR count). The number of nitrogens with one attached hydrogen (secondary N) is 1. The van der Waals surface area contributed by atoms with Gasteiger partial charge in [0, 0.05) is 49.8 Å². The number of carbonyl (C=O) groups is 1. The molecule has 1 aromatic carbocycles. The van der Waals surface area contributed by atoms with Gasteiger partial charge in [-0.05, 0) is 30.4 Å². The zero-order valence-electron chi connectivity index (χ0n) is 12.9. The minimum Gasteiger partial charge on any atom is -0.361 e. The van der Waals surface area contributed by atoms with Crippen molar-refractivity contribution >= 4 is 16.8 Å². The molecular formula is C18H23N3O. The second-order valence-corrected chi connectivity index (χ2v) is 6.66. The Bertz CT molecular complexity index is 666. The number of nitrogens with zero attached hydrogens (tertiary/aromatic N) is 2. The summed E-state index contributed by atoms with van der Waals surface area (Å²) in [7, 11) is 0. The van der Waals surface area contributed by atoms with Crippen LogP contribution in [0, 0.1) is 5.92 Å². The van der Waals surface area contributed by atoms with E-state index in [0.29, 0.717) is 6.42 Å². The number of hydrogen-bond acceptors (Lipinski definition) is 2. The summed E-state index contributed by atoms with van der Waals surface area (Å²) in [5.74, 6) is 1.20. The molecule has 1 saturated carbocycles. The van der Waals surface area contributed by atoms with E-state index in [4.69, 9.17) is 0 Å². The van der Waals surface area contributed by atoms with E-state index in [2.05, 4.69) is 22.0 Å². The van der Waals surface area contributed by atoms with Crippen molar-refractivity contribution in [3.63, 3.8) is 0 Å². The minimum atomic E-state index is 0.260. The topological polar surface area (TPSA) is 39.3 Å². The van der Waals surface area contributed by atoms with E-state index >= 15 is 0 Å². The molecule has 0 unspecified atom stereocenters. The molecule has 0 radical (unpaired) electrons. The van der Waals surface area contributed by atoms with Gasteiger partial charge >= 0.3 is 0 Å². The molecule has 1 aliphatic carbocycles. The van der Waals surface area contributed by atoms with Crippen LogP contribution in [0.3, 0.4) is 0 Å². The van der Waals surface area contributed by atoms with Crippen LogP contribution in [0.15, 0.2) is 30.5 Å². The number of hydrogen-bond donors (Lipinski definition) is 1. The number of benzene rings is 1. The predicted molar refractivity (Wildman–Crippen MR) is 87.7 cm³/mol. The highest BCUT2D eigenvalue weighted by Gasteiger charge is 2.27. The van der Waals surface area contributed by atoms with Gasteiger partial charge in [-0.15, -0.1) is 0 Å². The fourth-order valence-corrected chi connectivity index (χ4v) is 3.40. The first-order valence-corrected chi connectivity index (χ1v) is 8.35. The highest BCUT2D eigenvalue weighted by Crippen LogP contribution is 2.30. The van der Waals surface area contributed by atoms with E-state index in [0.717, 1.165) is 43.2 Å². The van der Waals surface area contributed by atoms with Crippen LogP contribution in [0.25, 0.3) is 10.9 Å². The summed E-state index contributed by atoms with van der Waals surface area (Å²) >= 11 is 0. The summed E-state index contributed by atoms with van der Waals surface area (Å²) in [6.45, 7) is 5.08. The number of carbonyl (C=O) groups excluding carboxylic acids is 1. The van der Waals surface area contributed by atoms with Gasteiger partial charge in [-0.25, -0.2) is 0 Å². The lowest BCUT2D eigenvalue weighted by Crippen LogP contribution is -2.49. The van der Waals surface area contributed by atoms with Crippen LogP contribution < -0.4 is 0 Å². The SMILES string of the molecule is O=C(Cc1c[nH]c2ccccc12)N1CCN(CC2CC2)CC1. The molecule has 1 aromatic heterocycles. The van der Waals surface area contributed by atoms with E-state index in [1.54, 1.807) is 0 Å². The molecular weight excluding hydrogens is 274 g/mol. The Kier molecular flexibility index (Phi) is 3.62.